The van der Waals surface area contributed by atoms with Gasteiger partial charge in [0, 0.05) is 18.6 Å². The monoisotopic (exact) mass is 408 g/mol. The highest BCUT2D eigenvalue weighted by molar-refractivity contribution is 7.90. The average molecular weight is 409 g/mol. The zero-order chi connectivity index (χ0) is 18.1. The summed E-state index contributed by atoms with van der Waals surface area (Å²) in [6.07, 6.45) is 1.01. The number of nitrogens with one attached hydrogen (secondary N) is 1. The molecule has 0 aliphatic heterocycles. The smallest absolute Gasteiger partial charge is 0.308 e. The summed E-state index contributed by atoms with van der Waals surface area (Å²) in [6.45, 7) is 1.15. The van der Waals surface area contributed by atoms with Crippen LogP contribution in [0.3, 0.4) is 0 Å². The molecule has 11 heteroatoms. The van der Waals surface area contributed by atoms with Crippen LogP contribution >= 0.6 is 34.5 Å². The Morgan fingerprint density at radius 1 is 1.29 bits per heavy atom. The lowest BCUT2D eigenvalue weighted by Gasteiger charge is -2.11. The van der Waals surface area contributed by atoms with Crippen molar-refractivity contribution in [3.05, 3.63) is 33.1 Å². The minimum absolute atomic E-state index is 0.0456. The lowest BCUT2D eigenvalue weighted by atomic mass is 10.2. The van der Waals surface area contributed by atoms with Gasteiger partial charge in [-0.15, -0.1) is 11.3 Å². The number of ether oxygens (including phenoxy) is 1. The predicted octanol–water partition coefficient (Wildman–Crippen LogP) is 3.03. The zero-order valence-electron chi connectivity index (χ0n) is 12.3. The number of hydrogen-bond acceptors (Lipinski definition) is 7. The van der Waals surface area contributed by atoms with Crippen molar-refractivity contribution < 1.29 is 22.7 Å². The second-order valence-corrected chi connectivity index (χ2v) is 8.15. The summed E-state index contributed by atoms with van der Waals surface area (Å²) < 4.78 is 27.7. The quantitative estimate of drug-likeness (QED) is 0.615. The van der Waals surface area contributed by atoms with Gasteiger partial charge in [0.05, 0.1) is 10.6 Å². The highest BCUT2D eigenvalue weighted by Crippen LogP contribution is 2.36. The van der Waals surface area contributed by atoms with Gasteiger partial charge in [-0.05, 0) is 12.1 Å². The van der Waals surface area contributed by atoms with Crippen LogP contribution in [0.15, 0.2) is 22.5 Å². The molecule has 2 rings (SSSR count). The van der Waals surface area contributed by atoms with Gasteiger partial charge in [0.25, 0.3) is 5.91 Å². The Hall–Kier alpha value is -1.68. The fourth-order valence-corrected chi connectivity index (χ4v) is 3.68. The van der Waals surface area contributed by atoms with Crippen molar-refractivity contribution >= 4 is 61.4 Å². The van der Waals surface area contributed by atoms with Gasteiger partial charge in [0.15, 0.2) is 25.7 Å². The van der Waals surface area contributed by atoms with Gasteiger partial charge in [0.2, 0.25) is 0 Å². The largest absolute Gasteiger partial charge is 0.424 e. The maximum absolute atomic E-state index is 12.4. The van der Waals surface area contributed by atoms with Gasteiger partial charge in [-0.1, -0.05) is 23.2 Å². The molecule has 0 aliphatic rings. The topological polar surface area (TPSA) is 102 Å². The van der Waals surface area contributed by atoms with Gasteiger partial charge in [-0.25, -0.2) is 13.4 Å². The highest BCUT2D eigenvalue weighted by atomic mass is 35.5. The first-order valence-electron chi connectivity index (χ1n) is 6.23. The molecule has 7 nitrogen and oxygen atoms in total. The number of aromatic nitrogens is 1. The molecule has 128 valence electrons. The predicted molar refractivity (Wildman–Crippen MR) is 90.9 cm³/mol. The number of amides is 1. The van der Waals surface area contributed by atoms with Crippen molar-refractivity contribution in [1.29, 1.82) is 0 Å². The van der Waals surface area contributed by atoms with Crippen molar-refractivity contribution in [3.63, 3.8) is 0 Å². The molecule has 24 heavy (non-hydrogen) atoms. The fourth-order valence-electron chi connectivity index (χ4n) is 1.61. The number of carbonyl (C=O) groups is 2. The lowest BCUT2D eigenvalue weighted by molar-refractivity contribution is -0.131. The molecule has 0 fully saturated rings. The average Bonchev–Trinajstić information content (AvgIpc) is 2.92. The number of rotatable bonds is 4. The van der Waals surface area contributed by atoms with Crippen LogP contribution in [-0.4, -0.2) is 31.5 Å². The Bertz CT molecular complexity index is 924. The first kappa shape index (κ1) is 18.7. The molecule has 0 saturated carbocycles. The van der Waals surface area contributed by atoms with Crippen LogP contribution in [0.25, 0.3) is 0 Å². The maximum atomic E-state index is 12.4. The molecule has 0 unspecified atom stereocenters. The fraction of sp³-hybridized carbons (Fsp3) is 0.154. The van der Waals surface area contributed by atoms with E-state index in [4.69, 9.17) is 27.9 Å². The molecule has 1 amide bonds. The van der Waals surface area contributed by atoms with E-state index in [0.717, 1.165) is 24.5 Å². The van der Waals surface area contributed by atoms with E-state index in [0.29, 0.717) is 0 Å². The molecule has 1 aromatic carbocycles. The second-order valence-electron chi connectivity index (χ2n) is 4.55. The Balaban J connectivity index is 2.35. The van der Waals surface area contributed by atoms with Crippen molar-refractivity contribution in [1.82, 2.24) is 4.98 Å². The molecule has 0 spiro atoms. The Kier molecular flexibility index (Phi) is 5.49. The van der Waals surface area contributed by atoms with Gasteiger partial charge >= 0.3 is 5.97 Å². The summed E-state index contributed by atoms with van der Waals surface area (Å²) in [5.41, 5.74) is -0.0456. The number of sulfone groups is 1. The molecule has 0 atom stereocenters. The first-order valence-corrected chi connectivity index (χ1v) is 9.75. The Morgan fingerprint density at radius 3 is 2.50 bits per heavy atom. The molecule has 0 bridgehead atoms. The molecule has 0 radical (unpaired) electrons. The number of benzene rings is 1. The lowest BCUT2D eigenvalue weighted by Crippen LogP contribution is -2.15. The van der Waals surface area contributed by atoms with Gasteiger partial charge in [0.1, 0.15) is 5.02 Å². The van der Waals surface area contributed by atoms with Gasteiger partial charge < -0.3 is 4.74 Å². The van der Waals surface area contributed by atoms with Crippen LogP contribution in [0.4, 0.5) is 5.13 Å². The number of hydrogen-bond donors (Lipinski definition) is 1. The van der Waals surface area contributed by atoms with Crippen LogP contribution in [0.2, 0.25) is 10.0 Å². The van der Waals surface area contributed by atoms with Crippen LogP contribution in [0, 0.1) is 0 Å². The van der Waals surface area contributed by atoms with E-state index in [1.54, 1.807) is 0 Å². The number of halogens is 2. The minimum atomic E-state index is -3.48. The number of esters is 1. The summed E-state index contributed by atoms with van der Waals surface area (Å²) in [5.74, 6) is -1.55. The van der Waals surface area contributed by atoms with Crippen molar-refractivity contribution in [2.45, 2.75) is 11.9 Å². The van der Waals surface area contributed by atoms with E-state index >= 15 is 0 Å². The van der Waals surface area contributed by atoms with E-state index in [-0.39, 0.29) is 31.5 Å². The summed E-state index contributed by atoms with van der Waals surface area (Å²) >= 11 is 12.8. The summed E-state index contributed by atoms with van der Waals surface area (Å²) in [6, 6.07) is 2.70. The highest BCUT2D eigenvalue weighted by Gasteiger charge is 2.21. The van der Waals surface area contributed by atoms with E-state index in [2.05, 4.69) is 10.3 Å². The zero-order valence-corrected chi connectivity index (χ0v) is 15.4. The second kappa shape index (κ2) is 7.06. The molecule has 1 heterocycles. The van der Waals surface area contributed by atoms with Crippen molar-refractivity contribution in [2.75, 3.05) is 11.6 Å². The molecular weight excluding hydrogens is 399 g/mol. The number of anilines is 1. The third-order valence-electron chi connectivity index (χ3n) is 2.62. The van der Waals surface area contributed by atoms with Crippen LogP contribution in [0.5, 0.6) is 5.75 Å². The normalized spacial score (nSPS) is 11.2. The van der Waals surface area contributed by atoms with Crippen molar-refractivity contribution in [2.24, 2.45) is 0 Å². The van der Waals surface area contributed by atoms with Crippen LogP contribution in [0.1, 0.15) is 17.3 Å². The molecule has 0 aliphatic carbocycles. The number of nitrogens with zero attached hydrogens (tertiary/aromatic N) is 1. The minimum Gasteiger partial charge on any atom is -0.424 e. The molecule has 0 saturated heterocycles. The SMILES string of the molecule is CC(=O)Oc1c(C(=O)Nc2nc(S(C)(=O)=O)cs2)ccc(Cl)c1Cl. The molecule has 1 aromatic heterocycles. The number of thiazole rings is 1. The van der Waals surface area contributed by atoms with E-state index in [1.165, 1.54) is 17.5 Å². The third kappa shape index (κ3) is 4.23. The maximum Gasteiger partial charge on any atom is 0.308 e. The first-order chi connectivity index (χ1) is 11.1. The summed E-state index contributed by atoms with van der Waals surface area (Å²) in [4.78, 5) is 27.4. The number of carbonyl (C=O) groups excluding carboxylic acids is 2. The van der Waals surface area contributed by atoms with Gasteiger partial charge in [-0.2, -0.15) is 0 Å². The molecular formula is C13H10Cl2N2O5S2. The summed E-state index contributed by atoms with van der Waals surface area (Å²) in [7, 11) is -3.48. The van der Waals surface area contributed by atoms with Crippen molar-refractivity contribution in [3.8, 4) is 5.75 Å². The third-order valence-corrected chi connectivity index (χ3v) is 5.29. The Morgan fingerprint density at radius 2 is 1.96 bits per heavy atom. The molecule has 2 aromatic rings. The van der Waals surface area contributed by atoms with E-state index in [9.17, 15) is 18.0 Å². The van der Waals surface area contributed by atoms with Crippen LogP contribution in [-0.2, 0) is 14.6 Å². The molecule has 1 N–H and O–H groups in total. The van der Waals surface area contributed by atoms with E-state index in [1.807, 2.05) is 0 Å². The Labute approximate surface area is 151 Å². The van der Waals surface area contributed by atoms with Gasteiger partial charge in [-0.3, -0.25) is 14.9 Å². The van der Waals surface area contributed by atoms with E-state index < -0.39 is 21.7 Å². The summed E-state index contributed by atoms with van der Waals surface area (Å²) in [5, 5.41) is 3.66. The van der Waals surface area contributed by atoms with Crippen LogP contribution < -0.4 is 10.1 Å². The standard InChI is InChI=1S/C13H10Cl2N2O5S2/c1-6(18)22-11-7(3-4-8(14)10(11)15)12(19)17-13-16-9(5-23-13)24(2,20)21/h3-5H,1-2H3,(H,16,17,19).